The first kappa shape index (κ1) is 16.7. The third-order valence-electron chi connectivity index (χ3n) is 3.39. The number of halogens is 2. The molecule has 0 spiro atoms. The molecule has 1 heterocycles. The molecule has 0 atom stereocenters. The monoisotopic (exact) mass is 346 g/mol. The number of carbonyl (C=O) groups is 2. The van der Waals surface area contributed by atoms with E-state index in [2.05, 4.69) is 5.32 Å². The molecule has 1 fully saturated rings. The predicted octanol–water partition coefficient (Wildman–Crippen LogP) is 2.63. The Labute approximate surface area is 137 Å². The number of ether oxygens (including phenoxy) is 1. The number of hydrogen-bond acceptors (Lipinski definition) is 3. The minimum atomic E-state index is -0.923. The molecule has 6 nitrogen and oxygen atoms in total. The van der Waals surface area contributed by atoms with E-state index in [1.807, 2.05) is 0 Å². The van der Waals surface area contributed by atoms with Gasteiger partial charge in [-0.25, -0.2) is 4.79 Å². The van der Waals surface area contributed by atoms with Crippen LogP contribution in [-0.2, 0) is 4.79 Å². The van der Waals surface area contributed by atoms with E-state index in [4.69, 9.17) is 33.0 Å². The Morgan fingerprint density at radius 2 is 1.95 bits per heavy atom. The number of amides is 2. The van der Waals surface area contributed by atoms with Gasteiger partial charge >= 0.3 is 6.09 Å². The molecule has 1 aromatic carbocycles. The summed E-state index contributed by atoms with van der Waals surface area (Å²) >= 11 is 11.7. The minimum Gasteiger partial charge on any atom is -0.484 e. The summed E-state index contributed by atoms with van der Waals surface area (Å²) in [4.78, 5) is 24.0. The fraction of sp³-hybridized carbons (Fsp3) is 0.429. The number of nitrogens with one attached hydrogen (secondary N) is 1. The molecule has 8 heteroatoms. The van der Waals surface area contributed by atoms with Crippen LogP contribution < -0.4 is 10.1 Å². The summed E-state index contributed by atoms with van der Waals surface area (Å²) in [5.41, 5.74) is 0. The van der Waals surface area contributed by atoms with Gasteiger partial charge in [0.1, 0.15) is 5.75 Å². The zero-order valence-electron chi connectivity index (χ0n) is 11.7. The van der Waals surface area contributed by atoms with Crippen LogP contribution >= 0.6 is 23.2 Å². The SMILES string of the molecule is O=C(COc1ccc(Cl)c(Cl)c1)NC1CCN(C(=O)O)CC1. The Bertz CT molecular complexity index is 560. The number of rotatable bonds is 4. The van der Waals surface area contributed by atoms with Gasteiger partial charge in [-0.15, -0.1) is 0 Å². The van der Waals surface area contributed by atoms with E-state index in [-0.39, 0.29) is 18.6 Å². The summed E-state index contributed by atoms with van der Waals surface area (Å²) in [7, 11) is 0. The van der Waals surface area contributed by atoms with Gasteiger partial charge in [-0.05, 0) is 25.0 Å². The summed E-state index contributed by atoms with van der Waals surface area (Å²) in [6.07, 6.45) is 0.281. The van der Waals surface area contributed by atoms with Crippen LogP contribution in [0.4, 0.5) is 4.79 Å². The van der Waals surface area contributed by atoms with Crippen LogP contribution in [-0.4, -0.2) is 47.7 Å². The summed E-state index contributed by atoms with van der Waals surface area (Å²) in [6.45, 7) is 0.721. The topological polar surface area (TPSA) is 78.9 Å². The minimum absolute atomic E-state index is 0.0273. The molecule has 22 heavy (non-hydrogen) atoms. The van der Waals surface area contributed by atoms with E-state index in [0.29, 0.717) is 41.7 Å². The van der Waals surface area contributed by atoms with E-state index in [9.17, 15) is 9.59 Å². The molecule has 0 aromatic heterocycles. The summed E-state index contributed by atoms with van der Waals surface area (Å²) in [5, 5.41) is 12.5. The normalized spacial score (nSPS) is 15.5. The fourth-order valence-electron chi connectivity index (χ4n) is 2.20. The molecule has 0 radical (unpaired) electrons. The highest BCUT2D eigenvalue weighted by molar-refractivity contribution is 6.42. The lowest BCUT2D eigenvalue weighted by molar-refractivity contribution is -0.124. The van der Waals surface area contributed by atoms with Crippen LogP contribution in [0.15, 0.2) is 18.2 Å². The van der Waals surface area contributed by atoms with Crippen molar-refractivity contribution in [3.8, 4) is 5.75 Å². The van der Waals surface area contributed by atoms with E-state index in [1.165, 1.54) is 4.90 Å². The van der Waals surface area contributed by atoms with Crippen LogP contribution in [0.1, 0.15) is 12.8 Å². The molecular weight excluding hydrogens is 331 g/mol. The molecule has 1 saturated heterocycles. The Balaban J connectivity index is 1.74. The van der Waals surface area contributed by atoms with E-state index in [1.54, 1.807) is 18.2 Å². The molecule has 0 bridgehead atoms. The van der Waals surface area contributed by atoms with Crippen molar-refractivity contribution >= 4 is 35.2 Å². The number of piperidine rings is 1. The quantitative estimate of drug-likeness (QED) is 0.878. The second-order valence-corrected chi connectivity index (χ2v) is 5.79. The number of carboxylic acid groups (broad SMARTS) is 1. The van der Waals surface area contributed by atoms with Crippen molar-refractivity contribution in [2.75, 3.05) is 19.7 Å². The predicted molar refractivity (Wildman–Crippen MR) is 82.7 cm³/mol. The van der Waals surface area contributed by atoms with Crippen LogP contribution in [0.3, 0.4) is 0 Å². The highest BCUT2D eigenvalue weighted by Gasteiger charge is 2.23. The van der Waals surface area contributed by atoms with Crippen LogP contribution in [0.5, 0.6) is 5.75 Å². The molecular formula is C14H16Cl2N2O4. The number of nitrogens with zero attached hydrogens (tertiary/aromatic N) is 1. The number of benzene rings is 1. The molecule has 1 aliphatic rings. The van der Waals surface area contributed by atoms with Crippen LogP contribution in [0, 0.1) is 0 Å². The van der Waals surface area contributed by atoms with Crippen molar-refractivity contribution in [1.82, 2.24) is 10.2 Å². The van der Waals surface area contributed by atoms with Crippen molar-refractivity contribution in [3.05, 3.63) is 28.2 Å². The third kappa shape index (κ3) is 4.68. The Hall–Kier alpha value is -1.66. The lowest BCUT2D eigenvalue weighted by Gasteiger charge is -2.30. The molecule has 2 amide bonds. The average Bonchev–Trinajstić information content (AvgIpc) is 2.49. The maximum atomic E-state index is 11.8. The summed E-state index contributed by atoms with van der Waals surface area (Å²) < 4.78 is 5.34. The van der Waals surface area contributed by atoms with Gasteiger partial charge < -0.3 is 20.1 Å². The van der Waals surface area contributed by atoms with Crippen molar-refractivity contribution in [2.24, 2.45) is 0 Å². The molecule has 120 valence electrons. The largest absolute Gasteiger partial charge is 0.484 e. The highest BCUT2D eigenvalue weighted by Crippen LogP contribution is 2.26. The number of carbonyl (C=O) groups excluding carboxylic acids is 1. The molecule has 1 aromatic rings. The summed E-state index contributed by atoms with van der Waals surface area (Å²) in [6, 6.07) is 4.74. The maximum absolute atomic E-state index is 11.8. The standard InChI is InChI=1S/C14H16Cl2N2O4/c15-11-2-1-10(7-12(11)16)22-8-13(19)17-9-3-5-18(6-4-9)14(20)21/h1-2,7,9H,3-6,8H2,(H,17,19)(H,20,21). The zero-order chi connectivity index (χ0) is 16.1. The zero-order valence-corrected chi connectivity index (χ0v) is 13.2. The number of hydrogen-bond donors (Lipinski definition) is 2. The van der Waals surface area contributed by atoms with Crippen LogP contribution in [0.25, 0.3) is 0 Å². The molecule has 1 aliphatic heterocycles. The van der Waals surface area contributed by atoms with Crippen molar-refractivity contribution < 1.29 is 19.4 Å². The molecule has 0 aliphatic carbocycles. The van der Waals surface area contributed by atoms with Gasteiger partial charge in [0.05, 0.1) is 10.0 Å². The molecule has 0 saturated carbocycles. The molecule has 2 rings (SSSR count). The third-order valence-corrected chi connectivity index (χ3v) is 4.13. The first-order chi connectivity index (χ1) is 10.5. The fourth-order valence-corrected chi connectivity index (χ4v) is 2.49. The van der Waals surface area contributed by atoms with Gasteiger partial charge in [-0.2, -0.15) is 0 Å². The van der Waals surface area contributed by atoms with Crippen LogP contribution in [0.2, 0.25) is 10.0 Å². The van der Waals surface area contributed by atoms with E-state index < -0.39 is 6.09 Å². The Morgan fingerprint density at radius 3 is 2.55 bits per heavy atom. The van der Waals surface area contributed by atoms with Crippen molar-refractivity contribution in [3.63, 3.8) is 0 Å². The molecule has 0 unspecified atom stereocenters. The smallest absolute Gasteiger partial charge is 0.407 e. The lowest BCUT2D eigenvalue weighted by atomic mass is 10.1. The maximum Gasteiger partial charge on any atom is 0.407 e. The Morgan fingerprint density at radius 1 is 1.27 bits per heavy atom. The first-order valence-corrected chi connectivity index (χ1v) is 7.56. The average molecular weight is 347 g/mol. The van der Waals surface area contributed by atoms with Gasteiger partial charge in [0.2, 0.25) is 0 Å². The molecule has 2 N–H and O–H groups in total. The van der Waals surface area contributed by atoms with Gasteiger partial charge in [0.15, 0.2) is 6.61 Å². The van der Waals surface area contributed by atoms with Crippen molar-refractivity contribution in [2.45, 2.75) is 18.9 Å². The lowest BCUT2D eigenvalue weighted by Crippen LogP contribution is -2.47. The van der Waals surface area contributed by atoms with Gasteiger partial charge in [-0.3, -0.25) is 4.79 Å². The van der Waals surface area contributed by atoms with Crippen molar-refractivity contribution in [1.29, 1.82) is 0 Å². The van der Waals surface area contributed by atoms with E-state index in [0.717, 1.165) is 0 Å². The second-order valence-electron chi connectivity index (χ2n) is 4.98. The highest BCUT2D eigenvalue weighted by atomic mass is 35.5. The van der Waals surface area contributed by atoms with Gasteiger partial charge in [0, 0.05) is 25.2 Å². The Kier molecular flexibility index (Phi) is 5.74. The van der Waals surface area contributed by atoms with Gasteiger partial charge in [-0.1, -0.05) is 23.2 Å². The van der Waals surface area contributed by atoms with E-state index >= 15 is 0 Å². The van der Waals surface area contributed by atoms with Gasteiger partial charge in [0.25, 0.3) is 5.91 Å². The summed E-state index contributed by atoms with van der Waals surface area (Å²) in [5.74, 6) is 0.213. The number of likely N-dealkylation sites (tertiary alicyclic amines) is 1. The second kappa shape index (κ2) is 7.56. The first-order valence-electron chi connectivity index (χ1n) is 6.81.